The molecule has 2 aliphatic rings. The summed E-state index contributed by atoms with van der Waals surface area (Å²) in [7, 11) is 0. The van der Waals surface area contributed by atoms with Crippen LogP contribution in [0.15, 0.2) is 11.0 Å². The van der Waals surface area contributed by atoms with Crippen molar-refractivity contribution in [3.8, 4) is 0 Å². The molecule has 1 aromatic rings. The summed E-state index contributed by atoms with van der Waals surface area (Å²) in [5, 5.41) is 16.0. The zero-order valence-electron chi connectivity index (χ0n) is 14.9. The van der Waals surface area contributed by atoms with Gasteiger partial charge in [-0.25, -0.2) is 9.48 Å². The number of rotatable bonds is 5. The number of halogens is 1. The minimum Gasteiger partial charge on any atom is -0.444 e. The molecule has 1 aromatic heterocycles. The number of carbonyl (C=O) groups excluding carboxylic acids is 1. The molecule has 0 bridgehead atoms. The van der Waals surface area contributed by atoms with E-state index in [2.05, 4.69) is 17.3 Å². The van der Waals surface area contributed by atoms with Crippen molar-refractivity contribution in [2.24, 2.45) is 5.92 Å². The molecule has 2 N–H and O–H groups in total. The molecule has 2 fully saturated rings. The Morgan fingerprint density at radius 1 is 1.46 bits per heavy atom. The second-order valence-electron chi connectivity index (χ2n) is 7.02. The standard InChI is InChI=1S/C17H25ClN4O4/c1-11-3-2-4-13(11)20-17(25)26-12-5-6-21(10-12)14-9-19-22(7-8-23)16(24)15(14)18/h9,11-13,23H,2-8,10H2,1H3,(H,20,25)/t11?,12-,13?/m1/s1. The topological polar surface area (TPSA) is 96.7 Å². The number of nitrogens with one attached hydrogen (secondary N) is 1. The number of anilines is 1. The van der Waals surface area contributed by atoms with Crippen molar-refractivity contribution in [2.75, 3.05) is 24.6 Å². The average Bonchev–Trinajstić information content (AvgIpc) is 3.22. The van der Waals surface area contributed by atoms with Gasteiger partial charge in [-0.1, -0.05) is 24.9 Å². The van der Waals surface area contributed by atoms with Crippen molar-refractivity contribution in [1.29, 1.82) is 0 Å². The third-order valence-electron chi connectivity index (χ3n) is 5.20. The molecule has 144 valence electrons. The number of hydrogen-bond donors (Lipinski definition) is 2. The van der Waals surface area contributed by atoms with E-state index >= 15 is 0 Å². The van der Waals surface area contributed by atoms with Crippen LogP contribution in [0.2, 0.25) is 5.02 Å². The number of alkyl carbamates (subject to hydrolysis) is 1. The molecule has 1 aliphatic carbocycles. The molecule has 1 amide bonds. The molecule has 26 heavy (non-hydrogen) atoms. The monoisotopic (exact) mass is 384 g/mol. The number of carbonyl (C=O) groups is 1. The summed E-state index contributed by atoms with van der Waals surface area (Å²) in [5.41, 5.74) is 0.0947. The number of aromatic nitrogens is 2. The number of amides is 1. The van der Waals surface area contributed by atoms with Gasteiger partial charge in [0.2, 0.25) is 0 Å². The summed E-state index contributed by atoms with van der Waals surface area (Å²) in [5.74, 6) is 0.484. The summed E-state index contributed by atoms with van der Waals surface area (Å²) in [6.07, 6.45) is 4.83. The zero-order valence-corrected chi connectivity index (χ0v) is 15.6. The smallest absolute Gasteiger partial charge is 0.407 e. The maximum atomic E-state index is 12.2. The van der Waals surface area contributed by atoms with Crippen molar-refractivity contribution in [3.63, 3.8) is 0 Å². The van der Waals surface area contributed by atoms with Crippen LogP contribution in [0, 0.1) is 5.92 Å². The Kier molecular flexibility index (Phi) is 6.03. The Morgan fingerprint density at radius 3 is 2.96 bits per heavy atom. The SMILES string of the molecule is CC1CCCC1NC(=O)O[C@@H]1CCN(c2cnn(CCO)c(=O)c2Cl)C1. The Balaban J connectivity index is 1.57. The molecular weight excluding hydrogens is 360 g/mol. The van der Waals surface area contributed by atoms with Gasteiger partial charge in [-0.2, -0.15) is 5.10 Å². The molecule has 3 atom stereocenters. The molecule has 0 spiro atoms. The van der Waals surface area contributed by atoms with Gasteiger partial charge in [0.1, 0.15) is 11.1 Å². The Bertz CT molecular complexity index is 710. The lowest BCUT2D eigenvalue weighted by molar-refractivity contribution is 0.103. The average molecular weight is 385 g/mol. The maximum Gasteiger partial charge on any atom is 0.407 e. The van der Waals surface area contributed by atoms with Gasteiger partial charge in [-0.15, -0.1) is 0 Å². The van der Waals surface area contributed by atoms with E-state index in [0.29, 0.717) is 31.1 Å². The predicted octanol–water partition coefficient (Wildman–Crippen LogP) is 1.38. The fourth-order valence-electron chi connectivity index (χ4n) is 3.67. The highest BCUT2D eigenvalue weighted by Gasteiger charge is 2.30. The number of ether oxygens (including phenoxy) is 1. The van der Waals surface area contributed by atoms with E-state index in [1.54, 1.807) is 0 Å². The summed E-state index contributed by atoms with van der Waals surface area (Å²) >= 11 is 6.18. The highest BCUT2D eigenvalue weighted by Crippen LogP contribution is 2.27. The largest absolute Gasteiger partial charge is 0.444 e. The van der Waals surface area contributed by atoms with Crippen LogP contribution in [0.25, 0.3) is 0 Å². The lowest BCUT2D eigenvalue weighted by Gasteiger charge is -2.21. The van der Waals surface area contributed by atoms with Crippen LogP contribution < -0.4 is 15.8 Å². The van der Waals surface area contributed by atoms with Crippen molar-refractivity contribution in [3.05, 3.63) is 21.6 Å². The maximum absolute atomic E-state index is 12.2. The zero-order chi connectivity index (χ0) is 18.7. The predicted molar refractivity (Wildman–Crippen MR) is 97.6 cm³/mol. The number of aliphatic hydroxyl groups excluding tert-OH is 1. The fourth-order valence-corrected chi connectivity index (χ4v) is 3.94. The molecule has 8 nitrogen and oxygen atoms in total. The van der Waals surface area contributed by atoms with Gasteiger partial charge >= 0.3 is 6.09 Å². The molecule has 2 heterocycles. The normalized spacial score (nSPS) is 25.5. The summed E-state index contributed by atoms with van der Waals surface area (Å²) in [6, 6.07) is 0.192. The first-order valence-corrected chi connectivity index (χ1v) is 9.46. The lowest BCUT2D eigenvalue weighted by Crippen LogP contribution is -2.39. The van der Waals surface area contributed by atoms with E-state index in [0.717, 1.165) is 23.9 Å². The number of nitrogens with zero attached hydrogens (tertiary/aromatic N) is 3. The van der Waals surface area contributed by atoms with E-state index in [1.807, 2.05) is 4.90 Å². The molecule has 0 radical (unpaired) electrons. The van der Waals surface area contributed by atoms with Crippen LogP contribution in [-0.2, 0) is 11.3 Å². The van der Waals surface area contributed by atoms with Crippen LogP contribution in [0.5, 0.6) is 0 Å². The first kappa shape index (κ1) is 19.0. The van der Waals surface area contributed by atoms with Crippen molar-refractivity contribution < 1.29 is 14.6 Å². The Hall–Kier alpha value is -1.80. The van der Waals surface area contributed by atoms with Crippen LogP contribution in [-0.4, -0.2) is 52.8 Å². The van der Waals surface area contributed by atoms with Crippen LogP contribution in [0.1, 0.15) is 32.6 Å². The summed E-state index contributed by atoms with van der Waals surface area (Å²) < 4.78 is 6.67. The van der Waals surface area contributed by atoms with Crippen molar-refractivity contribution >= 4 is 23.4 Å². The van der Waals surface area contributed by atoms with Gasteiger partial charge in [0.05, 0.1) is 31.6 Å². The fraction of sp³-hybridized carbons (Fsp3) is 0.706. The third kappa shape index (κ3) is 4.12. The van der Waals surface area contributed by atoms with Crippen LogP contribution in [0.3, 0.4) is 0 Å². The molecule has 2 unspecified atom stereocenters. The van der Waals surface area contributed by atoms with Crippen LogP contribution >= 0.6 is 11.6 Å². The van der Waals surface area contributed by atoms with Crippen LogP contribution in [0.4, 0.5) is 10.5 Å². The van der Waals surface area contributed by atoms with E-state index in [1.165, 1.54) is 6.20 Å². The second-order valence-corrected chi connectivity index (χ2v) is 7.39. The van der Waals surface area contributed by atoms with Gasteiger partial charge < -0.3 is 20.1 Å². The van der Waals surface area contributed by atoms with Gasteiger partial charge in [-0.05, 0) is 18.8 Å². The molecule has 1 saturated heterocycles. The Labute approximate surface area is 157 Å². The minimum absolute atomic E-state index is 0.0679. The quantitative estimate of drug-likeness (QED) is 0.796. The number of aliphatic hydroxyl groups is 1. The molecule has 0 aromatic carbocycles. The third-order valence-corrected chi connectivity index (χ3v) is 5.56. The molecule has 1 saturated carbocycles. The van der Waals surface area contributed by atoms with Gasteiger partial charge in [0, 0.05) is 19.0 Å². The lowest BCUT2D eigenvalue weighted by atomic mass is 10.1. The number of hydrogen-bond acceptors (Lipinski definition) is 6. The van der Waals surface area contributed by atoms with E-state index in [4.69, 9.17) is 21.4 Å². The molecule has 9 heteroatoms. The summed E-state index contributed by atoms with van der Waals surface area (Å²) in [6.45, 7) is 3.16. The van der Waals surface area contributed by atoms with Gasteiger partial charge in [0.15, 0.2) is 0 Å². The molecular formula is C17H25ClN4O4. The van der Waals surface area contributed by atoms with Gasteiger partial charge in [-0.3, -0.25) is 4.79 Å². The highest BCUT2D eigenvalue weighted by atomic mass is 35.5. The highest BCUT2D eigenvalue weighted by molar-refractivity contribution is 6.33. The first-order chi connectivity index (χ1) is 12.5. The molecule has 3 rings (SSSR count). The van der Waals surface area contributed by atoms with E-state index in [-0.39, 0.29) is 36.4 Å². The Morgan fingerprint density at radius 2 is 2.27 bits per heavy atom. The van der Waals surface area contributed by atoms with Crippen molar-refractivity contribution in [1.82, 2.24) is 15.1 Å². The van der Waals surface area contributed by atoms with Crippen molar-refractivity contribution in [2.45, 2.75) is 51.3 Å². The molecule has 1 aliphatic heterocycles. The van der Waals surface area contributed by atoms with E-state index < -0.39 is 5.56 Å². The summed E-state index contributed by atoms with van der Waals surface area (Å²) in [4.78, 5) is 26.2. The van der Waals surface area contributed by atoms with Gasteiger partial charge in [0.25, 0.3) is 5.56 Å². The second kappa shape index (κ2) is 8.26. The first-order valence-electron chi connectivity index (χ1n) is 9.08. The minimum atomic E-state index is -0.435. The van der Waals surface area contributed by atoms with E-state index in [9.17, 15) is 9.59 Å².